The van der Waals surface area contributed by atoms with Crippen LogP contribution < -0.4 is 5.32 Å². The number of alkyl carbamates (subject to hydrolysis) is 1. The SMILES string of the molecule is C#CCCOC(=O)N[C@@H](C(C)C)[C@@H](O)C(=O)O[C@H]1C[C@@]2(O)[C@@H](OC(C)=O)[C@@H]3[C@]4(O)CO[C@@H]4C[C@H](O)[C@@]3(C)C(=O)[C@H](O)C(=C1C)C2(C)C.[Ac].[Ac]. The maximum absolute atomic E-state index is 14.3. The monoisotopic (exact) mass is 1120 g/mol. The fourth-order valence-corrected chi connectivity index (χ4v) is 8.14. The van der Waals surface area contributed by atoms with E-state index in [4.69, 9.17) is 25.4 Å². The molecule has 3 aliphatic carbocycles. The normalized spacial score (nSPS) is 37.1. The van der Waals surface area contributed by atoms with Gasteiger partial charge in [-0.05, 0) is 30.9 Å². The standard InChI is InChI=1S/C33H47NO13.2Ac/c1-9-10-11-44-29(41)34-22(15(2)3)24(38)28(40)47-18-13-33(43)27(46-17(5)35)25-31(8,19(36)12-20-32(25,42)14-45-20)26(39)23(37)21(16(18)4)30(33,6)7;;/h1,15,18-20,22-25,27,36-38,42-43H,10-14H2,2-8H3,(H,34,41);;/t18-,19-,20+,22-,23+,24+,25-,27-,31+,32-,33+;;/m0../s1. The van der Waals surface area contributed by atoms with Gasteiger partial charge in [-0.3, -0.25) is 9.59 Å². The Morgan fingerprint density at radius 3 is 2.24 bits per heavy atom. The first-order valence-electron chi connectivity index (χ1n) is 15.8. The molecule has 1 saturated heterocycles. The molecule has 4 rings (SSSR count). The van der Waals surface area contributed by atoms with E-state index in [1.54, 1.807) is 13.8 Å². The third kappa shape index (κ3) is 7.62. The van der Waals surface area contributed by atoms with Gasteiger partial charge in [-0.1, -0.05) is 27.7 Å². The summed E-state index contributed by atoms with van der Waals surface area (Å²) in [6.45, 7) is 9.96. The van der Waals surface area contributed by atoms with Crippen LogP contribution in [0, 0.1) is 123 Å². The molecule has 1 aliphatic heterocycles. The average Bonchev–Trinajstić information content (AvgIpc) is 2.97. The fraction of sp³-hybridized carbons (Fsp3) is 0.758. The zero-order chi connectivity index (χ0) is 35.4. The quantitative estimate of drug-likeness (QED) is 0.0617. The van der Waals surface area contributed by atoms with Crippen LogP contribution in [0.5, 0.6) is 0 Å². The molecular weight excluding hydrogens is 1070 g/mol. The van der Waals surface area contributed by atoms with Crippen LogP contribution >= 0.6 is 0 Å². The van der Waals surface area contributed by atoms with Crippen molar-refractivity contribution in [1.29, 1.82) is 0 Å². The van der Waals surface area contributed by atoms with Gasteiger partial charge in [0.1, 0.15) is 36.1 Å². The van der Waals surface area contributed by atoms with Crippen molar-refractivity contribution in [3.8, 4) is 12.3 Å². The Morgan fingerprint density at radius 1 is 1.12 bits per heavy atom. The molecule has 16 heteroatoms. The van der Waals surface area contributed by atoms with Crippen molar-refractivity contribution in [2.24, 2.45) is 22.7 Å². The Bertz CT molecular complexity index is 1380. The van der Waals surface area contributed by atoms with E-state index >= 15 is 0 Å². The first kappa shape index (κ1) is 45.0. The molecule has 1 heterocycles. The van der Waals surface area contributed by atoms with E-state index in [0.29, 0.717) is 0 Å². The maximum atomic E-state index is 14.3. The second-order valence-corrected chi connectivity index (χ2v) is 14.3. The second-order valence-electron chi connectivity index (χ2n) is 14.3. The van der Waals surface area contributed by atoms with Crippen molar-refractivity contribution in [1.82, 2.24) is 5.32 Å². The zero-order valence-corrected chi connectivity index (χ0v) is 38.5. The molecule has 2 saturated carbocycles. The van der Waals surface area contributed by atoms with Crippen LogP contribution in [0.15, 0.2) is 11.1 Å². The second kappa shape index (κ2) is 16.5. The largest absolute Gasteiger partial charge is 0.459 e. The van der Waals surface area contributed by atoms with Crippen LogP contribution in [-0.4, -0.2) is 116 Å². The number of carbonyl (C=O) groups is 4. The minimum Gasteiger partial charge on any atom is -0.459 e. The summed E-state index contributed by atoms with van der Waals surface area (Å²) in [7, 11) is 0. The molecule has 6 N–H and O–H groups in total. The molecule has 0 spiro atoms. The summed E-state index contributed by atoms with van der Waals surface area (Å²) in [5, 5.41) is 61.3. The third-order valence-corrected chi connectivity index (χ3v) is 11.0. The number of ketones is 1. The van der Waals surface area contributed by atoms with Crippen molar-refractivity contribution in [2.45, 2.75) is 122 Å². The smallest absolute Gasteiger partial charge is 0.407 e. The Labute approximate surface area is 357 Å². The van der Waals surface area contributed by atoms with Gasteiger partial charge >= 0.3 is 18.0 Å². The van der Waals surface area contributed by atoms with Gasteiger partial charge in [0, 0.05) is 126 Å². The molecule has 0 unspecified atom stereocenters. The van der Waals surface area contributed by atoms with Crippen LogP contribution in [0.1, 0.15) is 67.7 Å². The Hall–Kier alpha value is -0.177. The molecule has 3 fully saturated rings. The molecule has 49 heavy (non-hydrogen) atoms. The fourth-order valence-electron chi connectivity index (χ4n) is 8.14. The van der Waals surface area contributed by atoms with E-state index in [1.165, 1.54) is 27.7 Å². The van der Waals surface area contributed by atoms with Crippen LogP contribution in [-0.2, 0) is 33.3 Å². The zero-order valence-electron chi connectivity index (χ0n) is 29.0. The molecule has 0 aromatic carbocycles. The minimum atomic E-state index is -2.22. The number of esters is 2. The predicted octanol–water partition coefficient (Wildman–Crippen LogP) is -0.0970. The summed E-state index contributed by atoms with van der Waals surface area (Å²) in [6, 6.07) is -1.17. The predicted molar refractivity (Wildman–Crippen MR) is 162 cm³/mol. The number of hydrogen-bond donors (Lipinski definition) is 6. The number of rotatable bonds is 8. The number of Topliss-reactive ketones (excluding diaryl/α,β-unsaturated/α-hetero) is 1. The van der Waals surface area contributed by atoms with Crippen LogP contribution in [0.25, 0.3) is 0 Å². The topological polar surface area (TPSA) is 218 Å². The number of nitrogens with one attached hydrogen (secondary N) is 1. The van der Waals surface area contributed by atoms with Crippen LogP contribution in [0.4, 0.5) is 4.79 Å². The van der Waals surface area contributed by atoms with E-state index < -0.39 is 107 Å². The van der Waals surface area contributed by atoms with E-state index in [0.717, 1.165) is 6.92 Å². The number of amides is 1. The molecule has 14 nitrogen and oxygen atoms in total. The van der Waals surface area contributed by atoms with Gasteiger partial charge < -0.3 is 49.8 Å². The summed E-state index contributed by atoms with van der Waals surface area (Å²) in [5.41, 5.74) is -7.33. The van der Waals surface area contributed by atoms with Gasteiger partial charge in [0.25, 0.3) is 0 Å². The van der Waals surface area contributed by atoms with Gasteiger partial charge in [-0.15, -0.1) is 12.3 Å². The van der Waals surface area contributed by atoms with Crippen molar-refractivity contribution in [2.75, 3.05) is 13.2 Å². The summed E-state index contributed by atoms with van der Waals surface area (Å²) >= 11 is 0. The summed E-state index contributed by atoms with van der Waals surface area (Å²) in [5.74, 6) is -2.55. The summed E-state index contributed by atoms with van der Waals surface area (Å²) in [4.78, 5) is 52.7. The Kier molecular flexibility index (Phi) is 15.1. The van der Waals surface area contributed by atoms with Gasteiger partial charge in [-0.25, -0.2) is 9.59 Å². The van der Waals surface area contributed by atoms with Crippen molar-refractivity contribution in [3.63, 3.8) is 0 Å². The molecular formula is C33H47Ac2NO13. The molecule has 1 amide bonds. The number of aliphatic hydroxyl groups is 5. The van der Waals surface area contributed by atoms with Gasteiger partial charge in [0.05, 0.1) is 30.3 Å². The summed E-state index contributed by atoms with van der Waals surface area (Å²) < 4.78 is 22.1. The van der Waals surface area contributed by atoms with Crippen LogP contribution in [0.2, 0.25) is 0 Å². The molecule has 0 aromatic heterocycles. The number of fused-ring (bicyclic) bond motifs is 5. The number of ether oxygens (including phenoxy) is 4. The van der Waals surface area contributed by atoms with Gasteiger partial charge in [0.15, 0.2) is 11.9 Å². The number of aliphatic hydroxyl groups excluding tert-OH is 3. The third-order valence-electron chi connectivity index (χ3n) is 11.0. The van der Waals surface area contributed by atoms with Gasteiger partial charge in [0.2, 0.25) is 0 Å². The van der Waals surface area contributed by atoms with E-state index in [2.05, 4.69) is 11.2 Å². The molecule has 268 valence electrons. The Balaban J connectivity index is 0.00000417. The van der Waals surface area contributed by atoms with Gasteiger partial charge in [-0.2, -0.15) is 0 Å². The van der Waals surface area contributed by atoms with Crippen molar-refractivity contribution < 1.29 is 152 Å². The molecule has 11 atom stereocenters. The number of hydrogen-bond acceptors (Lipinski definition) is 13. The first-order valence-corrected chi connectivity index (χ1v) is 15.8. The van der Waals surface area contributed by atoms with Crippen LogP contribution in [0.3, 0.4) is 0 Å². The number of carbonyl (C=O) groups excluding carboxylic acids is 4. The average molecular weight is 1120 g/mol. The number of terminal acetylenes is 1. The molecule has 0 aromatic rings. The molecule has 4 aliphatic rings. The summed E-state index contributed by atoms with van der Waals surface area (Å²) in [6.07, 6.45) is -5.48. The minimum absolute atomic E-state index is 0. The van der Waals surface area contributed by atoms with E-state index in [9.17, 15) is 44.7 Å². The first-order chi connectivity index (χ1) is 21.7. The Morgan fingerprint density at radius 2 is 1.73 bits per heavy atom. The maximum Gasteiger partial charge on any atom is 0.407 e. The molecule has 2 radical (unpaired) electrons. The van der Waals surface area contributed by atoms with Crippen molar-refractivity contribution in [3.05, 3.63) is 11.1 Å². The van der Waals surface area contributed by atoms with Crippen molar-refractivity contribution >= 4 is 23.8 Å². The molecule has 2 bridgehead atoms. The van der Waals surface area contributed by atoms with E-state index in [1.807, 2.05) is 0 Å². The van der Waals surface area contributed by atoms with E-state index in [-0.39, 0.29) is 125 Å².